The molecule has 2 nitrogen and oxygen atoms in total. The molecule has 1 N–H and O–H groups in total. The van der Waals surface area contributed by atoms with Crippen molar-refractivity contribution in [3.05, 3.63) is 29.8 Å². The normalized spacial score (nSPS) is 14.7. The zero-order valence-corrected chi connectivity index (χ0v) is 11.7. The van der Waals surface area contributed by atoms with Crippen molar-refractivity contribution < 1.29 is 4.74 Å². The summed E-state index contributed by atoms with van der Waals surface area (Å²) in [5.41, 5.74) is 1.36. The molecule has 1 rings (SSSR count). The zero-order valence-electron chi connectivity index (χ0n) is 11.7. The van der Waals surface area contributed by atoms with Gasteiger partial charge >= 0.3 is 0 Å². The van der Waals surface area contributed by atoms with Gasteiger partial charge in [-0.2, -0.15) is 0 Å². The number of hydrogen-bond acceptors (Lipinski definition) is 2. The van der Waals surface area contributed by atoms with Crippen LogP contribution in [0, 0.1) is 0 Å². The molecule has 96 valence electrons. The quantitative estimate of drug-likeness (QED) is 0.814. The van der Waals surface area contributed by atoms with Crippen LogP contribution in [0.1, 0.15) is 46.1 Å². The first-order chi connectivity index (χ1) is 8.04. The van der Waals surface area contributed by atoms with Crippen molar-refractivity contribution in [2.45, 2.75) is 52.6 Å². The van der Waals surface area contributed by atoms with Gasteiger partial charge in [0.05, 0.1) is 6.61 Å². The van der Waals surface area contributed by atoms with Crippen molar-refractivity contribution in [2.75, 3.05) is 6.61 Å². The van der Waals surface area contributed by atoms with Crippen LogP contribution in [-0.2, 0) is 0 Å². The van der Waals surface area contributed by atoms with Gasteiger partial charge in [-0.3, -0.25) is 0 Å². The second-order valence-electron chi connectivity index (χ2n) is 4.90. The lowest BCUT2D eigenvalue weighted by Crippen LogP contribution is -2.36. The Labute approximate surface area is 105 Å². The summed E-state index contributed by atoms with van der Waals surface area (Å²) in [5, 5.41) is 3.55. The average Bonchev–Trinajstić information content (AvgIpc) is 2.28. The molecular weight excluding hydrogens is 210 g/mol. The van der Waals surface area contributed by atoms with Crippen LogP contribution in [0.3, 0.4) is 0 Å². The van der Waals surface area contributed by atoms with Gasteiger partial charge in [-0.25, -0.2) is 0 Å². The molecule has 0 fully saturated rings. The fraction of sp³-hybridized carbons (Fsp3) is 0.600. The Bertz CT molecular complexity index is 318. The molecule has 2 heteroatoms. The van der Waals surface area contributed by atoms with E-state index >= 15 is 0 Å². The molecule has 0 heterocycles. The summed E-state index contributed by atoms with van der Waals surface area (Å²) in [4.78, 5) is 0. The summed E-state index contributed by atoms with van der Waals surface area (Å²) in [7, 11) is 0. The smallest absolute Gasteiger partial charge is 0.119 e. The third-order valence-corrected chi connectivity index (χ3v) is 3.06. The number of hydrogen-bond donors (Lipinski definition) is 1. The Hall–Kier alpha value is -1.02. The molecule has 1 aromatic carbocycles. The van der Waals surface area contributed by atoms with Crippen LogP contribution in [0.5, 0.6) is 5.75 Å². The van der Waals surface area contributed by atoms with Crippen molar-refractivity contribution in [1.29, 1.82) is 0 Å². The SMILES string of the molecule is CCOc1ccc(C(C)C(C)NC(C)C)cc1. The lowest BCUT2D eigenvalue weighted by molar-refractivity contribution is 0.340. The van der Waals surface area contributed by atoms with Crippen LogP contribution in [0.25, 0.3) is 0 Å². The number of nitrogens with one attached hydrogen (secondary N) is 1. The number of rotatable bonds is 6. The third kappa shape index (κ3) is 4.39. The summed E-state index contributed by atoms with van der Waals surface area (Å²) in [6.45, 7) is 11.6. The van der Waals surface area contributed by atoms with Crippen LogP contribution in [0.15, 0.2) is 24.3 Å². The molecule has 0 bridgehead atoms. The maximum atomic E-state index is 5.45. The lowest BCUT2D eigenvalue weighted by atomic mass is 9.94. The standard InChI is InChI=1S/C15H25NO/c1-6-17-15-9-7-14(8-10-15)12(4)13(5)16-11(2)3/h7-13,16H,6H2,1-5H3. The van der Waals surface area contributed by atoms with Crippen molar-refractivity contribution in [3.8, 4) is 5.75 Å². The Morgan fingerprint density at radius 2 is 1.65 bits per heavy atom. The topological polar surface area (TPSA) is 21.3 Å². The highest BCUT2D eigenvalue weighted by Gasteiger charge is 2.14. The first kappa shape index (κ1) is 14.0. The van der Waals surface area contributed by atoms with Crippen molar-refractivity contribution >= 4 is 0 Å². The van der Waals surface area contributed by atoms with E-state index < -0.39 is 0 Å². The average molecular weight is 235 g/mol. The van der Waals surface area contributed by atoms with E-state index in [1.807, 2.05) is 6.92 Å². The van der Waals surface area contributed by atoms with Crippen LogP contribution < -0.4 is 10.1 Å². The molecule has 0 aromatic heterocycles. The second kappa shape index (κ2) is 6.65. The van der Waals surface area contributed by atoms with Gasteiger partial charge in [0.15, 0.2) is 0 Å². The van der Waals surface area contributed by atoms with Gasteiger partial charge in [0, 0.05) is 12.1 Å². The maximum Gasteiger partial charge on any atom is 0.119 e. The molecule has 2 atom stereocenters. The first-order valence-electron chi connectivity index (χ1n) is 6.53. The summed E-state index contributed by atoms with van der Waals surface area (Å²) < 4.78 is 5.45. The molecule has 0 amide bonds. The highest BCUT2D eigenvalue weighted by molar-refractivity contribution is 5.29. The van der Waals surface area contributed by atoms with Gasteiger partial charge in [-0.05, 0) is 37.5 Å². The van der Waals surface area contributed by atoms with Crippen molar-refractivity contribution in [1.82, 2.24) is 5.32 Å². The number of benzene rings is 1. The van der Waals surface area contributed by atoms with Crippen LogP contribution >= 0.6 is 0 Å². The van der Waals surface area contributed by atoms with E-state index in [0.29, 0.717) is 18.0 Å². The largest absolute Gasteiger partial charge is 0.494 e. The lowest BCUT2D eigenvalue weighted by Gasteiger charge is -2.24. The minimum atomic E-state index is 0.480. The predicted octanol–water partition coefficient (Wildman–Crippen LogP) is 3.58. The van der Waals surface area contributed by atoms with Crippen LogP contribution in [-0.4, -0.2) is 18.7 Å². The fourth-order valence-corrected chi connectivity index (χ4v) is 1.99. The number of ether oxygens (including phenoxy) is 1. The summed E-state index contributed by atoms with van der Waals surface area (Å²) in [5.74, 6) is 1.46. The van der Waals surface area contributed by atoms with E-state index in [1.54, 1.807) is 0 Å². The van der Waals surface area contributed by atoms with Gasteiger partial charge in [0.25, 0.3) is 0 Å². The summed E-state index contributed by atoms with van der Waals surface area (Å²) >= 11 is 0. The molecule has 0 aliphatic carbocycles. The molecule has 0 aliphatic heterocycles. The molecule has 0 saturated carbocycles. The van der Waals surface area contributed by atoms with E-state index in [-0.39, 0.29) is 0 Å². The molecule has 0 saturated heterocycles. The molecule has 0 aliphatic rings. The molecular formula is C15H25NO. The van der Waals surface area contributed by atoms with E-state index in [9.17, 15) is 0 Å². The molecule has 2 unspecified atom stereocenters. The van der Waals surface area contributed by atoms with Crippen molar-refractivity contribution in [3.63, 3.8) is 0 Å². The highest BCUT2D eigenvalue weighted by atomic mass is 16.5. The van der Waals surface area contributed by atoms with Gasteiger partial charge in [-0.1, -0.05) is 32.9 Å². The molecule has 1 aromatic rings. The van der Waals surface area contributed by atoms with Gasteiger partial charge in [0.1, 0.15) is 5.75 Å². The Morgan fingerprint density at radius 1 is 1.06 bits per heavy atom. The third-order valence-electron chi connectivity index (χ3n) is 3.06. The second-order valence-corrected chi connectivity index (χ2v) is 4.90. The minimum absolute atomic E-state index is 0.480. The van der Waals surface area contributed by atoms with E-state index in [1.165, 1.54) is 5.56 Å². The van der Waals surface area contributed by atoms with E-state index in [4.69, 9.17) is 4.74 Å². The van der Waals surface area contributed by atoms with Gasteiger partial charge in [-0.15, -0.1) is 0 Å². The minimum Gasteiger partial charge on any atom is -0.494 e. The Kier molecular flexibility index (Phi) is 5.49. The van der Waals surface area contributed by atoms with Gasteiger partial charge < -0.3 is 10.1 Å². The predicted molar refractivity (Wildman–Crippen MR) is 73.8 cm³/mol. The van der Waals surface area contributed by atoms with E-state index in [0.717, 1.165) is 12.4 Å². The summed E-state index contributed by atoms with van der Waals surface area (Å²) in [6, 6.07) is 9.43. The maximum absolute atomic E-state index is 5.45. The van der Waals surface area contributed by atoms with Crippen LogP contribution in [0.2, 0.25) is 0 Å². The molecule has 0 spiro atoms. The molecule has 17 heavy (non-hydrogen) atoms. The fourth-order valence-electron chi connectivity index (χ4n) is 1.99. The molecule has 0 radical (unpaired) electrons. The van der Waals surface area contributed by atoms with Gasteiger partial charge in [0.2, 0.25) is 0 Å². The van der Waals surface area contributed by atoms with Crippen molar-refractivity contribution in [2.24, 2.45) is 0 Å². The Morgan fingerprint density at radius 3 is 2.12 bits per heavy atom. The zero-order chi connectivity index (χ0) is 12.8. The highest BCUT2D eigenvalue weighted by Crippen LogP contribution is 2.22. The monoisotopic (exact) mass is 235 g/mol. The van der Waals surface area contributed by atoms with Crippen LogP contribution in [0.4, 0.5) is 0 Å². The summed E-state index contributed by atoms with van der Waals surface area (Å²) in [6.07, 6.45) is 0. The first-order valence-corrected chi connectivity index (χ1v) is 6.53. The Balaban J connectivity index is 2.65. The van der Waals surface area contributed by atoms with E-state index in [2.05, 4.69) is 57.3 Å².